The number of aromatic nitrogens is 4. The van der Waals surface area contributed by atoms with Crippen LogP contribution in [0.15, 0.2) is 60.7 Å². The second-order valence-corrected chi connectivity index (χ2v) is 7.88. The van der Waals surface area contributed by atoms with Crippen LogP contribution in [0.25, 0.3) is 5.69 Å². The number of halogens is 1. The van der Waals surface area contributed by atoms with Gasteiger partial charge in [-0.1, -0.05) is 35.4 Å². The Morgan fingerprint density at radius 1 is 1.09 bits per heavy atom. The summed E-state index contributed by atoms with van der Waals surface area (Å²) in [6.07, 6.45) is 0. The largest absolute Gasteiger partial charge is 0.493 e. The van der Waals surface area contributed by atoms with Gasteiger partial charge in [0.05, 0.1) is 23.4 Å². The predicted octanol–water partition coefficient (Wildman–Crippen LogP) is 4.52. The monoisotopic (exact) mass is 479 g/mol. The number of carbonyl (C=O) groups is 1. The predicted molar refractivity (Wildman–Crippen MR) is 127 cm³/mol. The molecule has 0 aliphatic carbocycles. The van der Waals surface area contributed by atoms with Gasteiger partial charge in [0.25, 0.3) is 0 Å². The Morgan fingerprint density at radius 2 is 1.88 bits per heavy atom. The molecule has 0 atom stereocenters. The lowest BCUT2D eigenvalue weighted by Gasteiger charge is -2.13. The second kappa shape index (κ2) is 10.2. The number of carboxylic acids is 1. The summed E-state index contributed by atoms with van der Waals surface area (Å²) in [4.78, 5) is 11.3. The number of aryl methyl sites for hydroxylation is 1. The van der Waals surface area contributed by atoms with Crippen molar-refractivity contribution in [2.24, 2.45) is 0 Å². The van der Waals surface area contributed by atoms with Crippen LogP contribution in [0.4, 0.5) is 5.69 Å². The van der Waals surface area contributed by atoms with Crippen LogP contribution in [0.5, 0.6) is 11.5 Å². The van der Waals surface area contributed by atoms with Crippen LogP contribution >= 0.6 is 11.6 Å². The van der Waals surface area contributed by atoms with Crippen molar-refractivity contribution in [3.8, 4) is 17.2 Å². The topological polar surface area (TPSA) is 111 Å². The molecule has 174 valence electrons. The third-order valence-electron chi connectivity index (χ3n) is 5.09. The Labute approximate surface area is 200 Å². The number of tetrazole rings is 1. The van der Waals surface area contributed by atoms with E-state index in [-0.39, 0.29) is 17.2 Å². The van der Waals surface area contributed by atoms with E-state index in [0.29, 0.717) is 29.6 Å². The summed E-state index contributed by atoms with van der Waals surface area (Å²) in [5.41, 5.74) is 3.59. The molecule has 4 aromatic rings. The van der Waals surface area contributed by atoms with Gasteiger partial charge in [0.1, 0.15) is 0 Å². The summed E-state index contributed by atoms with van der Waals surface area (Å²) < 4.78 is 13.1. The van der Waals surface area contributed by atoms with Gasteiger partial charge in [-0.25, -0.2) is 4.79 Å². The second-order valence-electron chi connectivity index (χ2n) is 7.47. The smallest absolute Gasteiger partial charge is 0.337 e. The number of hydrogen-bond acceptors (Lipinski definition) is 7. The first-order chi connectivity index (χ1) is 16.4. The number of nitrogens with one attached hydrogen (secondary N) is 1. The molecule has 0 aliphatic heterocycles. The van der Waals surface area contributed by atoms with Crippen molar-refractivity contribution in [1.29, 1.82) is 0 Å². The number of benzene rings is 3. The van der Waals surface area contributed by atoms with Crippen LogP contribution in [0.2, 0.25) is 5.02 Å². The minimum atomic E-state index is -1.08. The Kier molecular flexibility index (Phi) is 6.93. The summed E-state index contributed by atoms with van der Waals surface area (Å²) in [5, 5.41) is 24.5. The molecule has 0 amide bonds. The van der Waals surface area contributed by atoms with Gasteiger partial charge in [0, 0.05) is 12.2 Å². The number of nitrogens with zero attached hydrogens (tertiary/aromatic N) is 4. The Balaban J connectivity index is 1.43. The first-order valence-corrected chi connectivity index (χ1v) is 10.7. The molecule has 0 bridgehead atoms. The third-order valence-corrected chi connectivity index (χ3v) is 5.42. The number of anilines is 1. The van der Waals surface area contributed by atoms with Crippen molar-refractivity contribution in [2.45, 2.75) is 20.1 Å². The van der Waals surface area contributed by atoms with Gasteiger partial charge in [-0.15, -0.1) is 5.10 Å². The van der Waals surface area contributed by atoms with Crippen LogP contribution < -0.4 is 14.8 Å². The number of ether oxygens (including phenoxy) is 2. The SMILES string of the molecule is COc1cc(CNc2ccc(Cl)c(C(=O)O)c2)ccc1OCc1nnnn1-c1ccc(C)cc1. The molecular weight excluding hydrogens is 458 g/mol. The average Bonchev–Trinajstić information content (AvgIpc) is 3.31. The van der Waals surface area contributed by atoms with Gasteiger partial charge < -0.3 is 19.9 Å². The zero-order chi connectivity index (χ0) is 24.1. The first kappa shape index (κ1) is 23.1. The van der Waals surface area contributed by atoms with E-state index in [9.17, 15) is 9.90 Å². The number of aromatic carboxylic acids is 1. The van der Waals surface area contributed by atoms with E-state index in [1.807, 2.05) is 43.3 Å². The fourth-order valence-corrected chi connectivity index (χ4v) is 3.47. The lowest BCUT2D eigenvalue weighted by Crippen LogP contribution is -2.08. The molecule has 3 aromatic carbocycles. The molecule has 34 heavy (non-hydrogen) atoms. The molecule has 0 saturated carbocycles. The summed E-state index contributed by atoms with van der Waals surface area (Å²) in [5.74, 6) is 0.569. The van der Waals surface area contributed by atoms with Crippen LogP contribution in [0, 0.1) is 6.92 Å². The minimum Gasteiger partial charge on any atom is -0.493 e. The van der Waals surface area contributed by atoms with Crippen molar-refractivity contribution >= 4 is 23.3 Å². The summed E-state index contributed by atoms with van der Waals surface area (Å²) in [6, 6.07) is 18.2. The lowest BCUT2D eigenvalue weighted by atomic mass is 10.1. The highest BCUT2D eigenvalue weighted by Crippen LogP contribution is 2.29. The minimum absolute atomic E-state index is 0.0426. The van der Waals surface area contributed by atoms with Crippen LogP contribution in [-0.2, 0) is 13.2 Å². The van der Waals surface area contributed by atoms with E-state index >= 15 is 0 Å². The van der Waals surface area contributed by atoms with Gasteiger partial charge >= 0.3 is 5.97 Å². The molecule has 0 aliphatic rings. The molecule has 4 rings (SSSR count). The molecule has 9 nitrogen and oxygen atoms in total. The molecule has 0 saturated heterocycles. The van der Waals surface area contributed by atoms with E-state index in [1.165, 1.54) is 6.07 Å². The average molecular weight is 480 g/mol. The molecule has 0 spiro atoms. The molecule has 10 heteroatoms. The van der Waals surface area contributed by atoms with Crippen molar-refractivity contribution in [3.63, 3.8) is 0 Å². The zero-order valence-electron chi connectivity index (χ0n) is 18.5. The highest BCUT2D eigenvalue weighted by Gasteiger charge is 2.13. The van der Waals surface area contributed by atoms with Gasteiger partial charge in [-0.3, -0.25) is 0 Å². The fraction of sp³-hybridized carbons (Fsp3) is 0.167. The molecule has 0 radical (unpaired) electrons. The first-order valence-electron chi connectivity index (χ1n) is 10.4. The highest BCUT2D eigenvalue weighted by atomic mass is 35.5. The molecular formula is C24H22ClN5O4. The highest BCUT2D eigenvalue weighted by molar-refractivity contribution is 6.33. The quantitative estimate of drug-likeness (QED) is 0.360. The van der Waals surface area contributed by atoms with E-state index in [0.717, 1.165) is 16.8 Å². The van der Waals surface area contributed by atoms with Gasteiger partial charge in [0.2, 0.25) is 0 Å². The molecule has 1 aromatic heterocycles. The lowest BCUT2D eigenvalue weighted by molar-refractivity contribution is 0.0697. The number of methoxy groups -OCH3 is 1. The fourth-order valence-electron chi connectivity index (χ4n) is 3.27. The summed E-state index contributed by atoms with van der Waals surface area (Å²) in [6.45, 7) is 2.61. The maximum absolute atomic E-state index is 11.3. The van der Waals surface area contributed by atoms with Crippen molar-refractivity contribution < 1.29 is 19.4 Å². The Morgan fingerprint density at radius 3 is 2.62 bits per heavy atom. The van der Waals surface area contributed by atoms with Crippen molar-refractivity contribution in [1.82, 2.24) is 20.2 Å². The zero-order valence-corrected chi connectivity index (χ0v) is 19.3. The van der Waals surface area contributed by atoms with Gasteiger partial charge in [-0.05, 0) is 65.4 Å². The van der Waals surface area contributed by atoms with Gasteiger partial charge in [0.15, 0.2) is 23.9 Å². The molecule has 0 unspecified atom stereocenters. The van der Waals surface area contributed by atoms with E-state index in [4.69, 9.17) is 21.1 Å². The Hall–Kier alpha value is -4.11. The standard InChI is InChI=1S/C24H22ClN5O4/c1-15-3-7-18(8-4-15)30-23(27-28-29-30)14-34-21-10-5-16(11-22(21)33-2)13-26-17-6-9-20(25)19(12-17)24(31)32/h3-12,26H,13-14H2,1-2H3,(H,31,32). The Bertz CT molecular complexity index is 1310. The molecule has 0 fully saturated rings. The van der Waals surface area contributed by atoms with E-state index in [1.54, 1.807) is 30.0 Å². The van der Waals surface area contributed by atoms with Crippen LogP contribution in [0.3, 0.4) is 0 Å². The third kappa shape index (κ3) is 5.26. The summed E-state index contributed by atoms with van der Waals surface area (Å²) >= 11 is 5.93. The normalized spacial score (nSPS) is 10.7. The maximum Gasteiger partial charge on any atom is 0.337 e. The van der Waals surface area contributed by atoms with Crippen molar-refractivity contribution in [3.05, 3.63) is 88.2 Å². The van der Waals surface area contributed by atoms with E-state index in [2.05, 4.69) is 20.8 Å². The maximum atomic E-state index is 11.3. The number of hydrogen-bond donors (Lipinski definition) is 2. The van der Waals surface area contributed by atoms with Crippen molar-refractivity contribution in [2.75, 3.05) is 12.4 Å². The number of carboxylic acid groups (broad SMARTS) is 1. The van der Waals surface area contributed by atoms with E-state index < -0.39 is 5.97 Å². The summed E-state index contributed by atoms with van der Waals surface area (Å²) in [7, 11) is 1.56. The van der Waals surface area contributed by atoms with Crippen LogP contribution in [-0.4, -0.2) is 38.4 Å². The van der Waals surface area contributed by atoms with Gasteiger partial charge in [-0.2, -0.15) is 4.68 Å². The molecule has 1 heterocycles. The number of rotatable bonds is 9. The van der Waals surface area contributed by atoms with Crippen LogP contribution in [0.1, 0.15) is 27.3 Å². The molecule has 2 N–H and O–H groups in total.